The lowest BCUT2D eigenvalue weighted by molar-refractivity contribution is -0.384. The van der Waals surface area contributed by atoms with E-state index in [-0.39, 0.29) is 35.2 Å². The van der Waals surface area contributed by atoms with Crippen LogP contribution < -0.4 is 10.6 Å². The van der Waals surface area contributed by atoms with Gasteiger partial charge in [-0.2, -0.15) is 0 Å². The molecule has 0 aromatic heterocycles. The normalized spacial score (nSPS) is 28.7. The number of nitro groups is 1. The molecule has 13 nitrogen and oxygen atoms in total. The summed E-state index contributed by atoms with van der Waals surface area (Å²) in [5, 5.41) is 34.5. The number of fused-ring (bicyclic) bond motifs is 3. The molecule has 0 saturated heterocycles. The molecule has 0 radical (unpaired) electrons. The van der Waals surface area contributed by atoms with Crippen molar-refractivity contribution < 1.29 is 39.1 Å². The fourth-order valence-electron chi connectivity index (χ4n) is 7.06. The van der Waals surface area contributed by atoms with Gasteiger partial charge in [0.05, 0.1) is 22.4 Å². The third kappa shape index (κ3) is 3.95. The Morgan fingerprint density at radius 3 is 2.33 bits per heavy atom. The number of carbonyl (C=O) groups excluding carboxylic acids is 5. The molecule has 4 N–H and O–H groups in total. The number of rotatable bonds is 5. The van der Waals surface area contributed by atoms with Crippen molar-refractivity contribution in [2.45, 2.75) is 24.5 Å². The van der Waals surface area contributed by atoms with E-state index in [1.807, 2.05) is 0 Å². The Hall–Kier alpha value is -4.49. The lowest BCUT2D eigenvalue weighted by Crippen LogP contribution is -2.74. The van der Waals surface area contributed by atoms with E-state index < -0.39 is 75.0 Å². The molecule has 6 atom stereocenters. The van der Waals surface area contributed by atoms with Crippen LogP contribution in [-0.4, -0.2) is 88.9 Å². The number of amides is 1. The van der Waals surface area contributed by atoms with Gasteiger partial charge in [0.15, 0.2) is 34.7 Å². The minimum atomic E-state index is -2.82. The number of primary amides is 1. The lowest BCUT2D eigenvalue weighted by Gasteiger charge is -2.52. The number of aliphatic hydroxyl groups is 1. The van der Waals surface area contributed by atoms with Gasteiger partial charge in [0.25, 0.3) is 5.69 Å². The van der Waals surface area contributed by atoms with E-state index in [1.54, 1.807) is 25.1 Å². The molecule has 5 rings (SSSR count). The van der Waals surface area contributed by atoms with Crippen molar-refractivity contribution in [1.29, 1.82) is 0 Å². The monoisotopic (exact) mass is 578 g/mol. The van der Waals surface area contributed by atoms with Gasteiger partial charge in [0.1, 0.15) is 5.75 Å². The third-order valence-electron chi connectivity index (χ3n) is 8.89. The Morgan fingerprint density at radius 1 is 1.10 bits per heavy atom. The average molecular weight is 579 g/mol. The van der Waals surface area contributed by atoms with E-state index in [9.17, 15) is 44.3 Å². The smallest absolute Gasteiger partial charge is 0.270 e. The molecule has 1 amide bonds. The second kappa shape index (κ2) is 9.81. The number of phenolic OH excluding ortho intramolecular Hbond substituents is 1. The summed E-state index contributed by atoms with van der Waals surface area (Å²) in [4.78, 5) is 81.0. The molecule has 0 heterocycles. The zero-order valence-corrected chi connectivity index (χ0v) is 23.4. The molecule has 220 valence electrons. The first-order chi connectivity index (χ1) is 19.6. The summed E-state index contributed by atoms with van der Waals surface area (Å²) in [5.41, 5.74) is 3.45. The summed E-state index contributed by atoms with van der Waals surface area (Å²) in [6, 6.07) is 5.92. The van der Waals surface area contributed by atoms with Crippen LogP contribution in [0.2, 0.25) is 0 Å². The molecule has 2 saturated carbocycles. The van der Waals surface area contributed by atoms with Crippen molar-refractivity contribution in [2.75, 3.05) is 33.1 Å². The van der Waals surface area contributed by atoms with Gasteiger partial charge in [-0.3, -0.25) is 39.0 Å². The van der Waals surface area contributed by atoms with Crippen LogP contribution in [0.15, 0.2) is 30.3 Å². The van der Waals surface area contributed by atoms with E-state index in [2.05, 4.69) is 0 Å². The third-order valence-corrected chi connectivity index (χ3v) is 8.89. The number of aromatic hydroxyl groups is 1. The van der Waals surface area contributed by atoms with Crippen LogP contribution in [0.25, 0.3) is 11.1 Å². The summed E-state index contributed by atoms with van der Waals surface area (Å²) in [6.45, 7) is 0. The number of hydrogen-bond donors (Lipinski definition) is 3. The van der Waals surface area contributed by atoms with Crippen LogP contribution in [-0.2, 0) is 25.6 Å². The summed E-state index contributed by atoms with van der Waals surface area (Å²) in [6.07, 6.45) is 0.0340. The SMILES string of the molecule is CN(C)c1cc(-c2cccc([N+](=O)[O-])c2)c(O)c2c1CC1CC3C(N(C)C)C(=O)C(C(N)=O)C(=O)C3(O)C(=O)C1C2=O. The Balaban J connectivity index is 1.69. The van der Waals surface area contributed by atoms with Crippen LogP contribution in [0.3, 0.4) is 0 Å². The van der Waals surface area contributed by atoms with E-state index in [0.717, 1.165) is 0 Å². The summed E-state index contributed by atoms with van der Waals surface area (Å²) >= 11 is 0. The number of Topliss-reactive ketones (excluding diaryl/α,β-unsaturated/α-hetero) is 4. The first-order valence-corrected chi connectivity index (χ1v) is 13.3. The molecule has 13 heteroatoms. The molecule has 3 aliphatic carbocycles. The number of hydrogen-bond acceptors (Lipinski definition) is 11. The Labute approximate surface area is 240 Å². The van der Waals surface area contributed by atoms with Crippen molar-refractivity contribution in [3.05, 3.63) is 51.6 Å². The van der Waals surface area contributed by atoms with Gasteiger partial charge in [-0.1, -0.05) is 12.1 Å². The number of likely N-dealkylation sites (N-methyl/N-ethyl adjacent to an activating group) is 1. The van der Waals surface area contributed by atoms with Crippen molar-refractivity contribution in [3.8, 4) is 16.9 Å². The Bertz CT molecular complexity index is 1600. The molecule has 0 aliphatic heterocycles. The number of carbonyl (C=O) groups is 5. The summed E-state index contributed by atoms with van der Waals surface area (Å²) < 4.78 is 0. The van der Waals surface area contributed by atoms with Crippen LogP contribution >= 0.6 is 0 Å². The van der Waals surface area contributed by atoms with Crippen molar-refractivity contribution in [1.82, 2.24) is 4.90 Å². The number of nitro benzene ring substituents is 1. The predicted molar refractivity (Wildman–Crippen MR) is 148 cm³/mol. The lowest BCUT2D eigenvalue weighted by atomic mass is 9.52. The molecular weight excluding hydrogens is 548 g/mol. The number of ketones is 4. The number of benzene rings is 2. The van der Waals surface area contributed by atoms with Crippen molar-refractivity contribution in [3.63, 3.8) is 0 Å². The summed E-state index contributed by atoms with van der Waals surface area (Å²) in [7, 11) is 6.48. The Kier molecular flexibility index (Phi) is 6.78. The minimum absolute atomic E-state index is 0.0653. The predicted octanol–water partition coefficient (Wildman–Crippen LogP) is 0.508. The van der Waals surface area contributed by atoms with Crippen LogP contribution in [0, 0.1) is 33.8 Å². The number of nitrogens with zero attached hydrogens (tertiary/aromatic N) is 3. The van der Waals surface area contributed by atoms with Crippen molar-refractivity contribution >= 4 is 40.4 Å². The zero-order valence-electron chi connectivity index (χ0n) is 23.4. The maximum atomic E-state index is 14.1. The highest BCUT2D eigenvalue weighted by Gasteiger charge is 2.69. The molecule has 42 heavy (non-hydrogen) atoms. The van der Waals surface area contributed by atoms with E-state index in [0.29, 0.717) is 11.3 Å². The zero-order chi connectivity index (χ0) is 31.0. The van der Waals surface area contributed by atoms with E-state index in [1.165, 1.54) is 43.3 Å². The van der Waals surface area contributed by atoms with Crippen LogP contribution in [0.4, 0.5) is 11.4 Å². The van der Waals surface area contributed by atoms with Gasteiger partial charge in [-0.15, -0.1) is 0 Å². The molecule has 2 fully saturated rings. The first-order valence-electron chi connectivity index (χ1n) is 13.3. The van der Waals surface area contributed by atoms with E-state index in [4.69, 9.17) is 5.73 Å². The molecular formula is C29H30N4O9. The molecule has 0 bridgehead atoms. The topological polar surface area (TPSA) is 201 Å². The average Bonchev–Trinajstić information content (AvgIpc) is 2.90. The van der Waals surface area contributed by atoms with Gasteiger partial charge in [0, 0.05) is 43.4 Å². The second-order valence-electron chi connectivity index (χ2n) is 11.6. The molecule has 6 unspecified atom stereocenters. The van der Waals surface area contributed by atoms with Crippen LogP contribution in [0.1, 0.15) is 22.3 Å². The molecule has 0 spiro atoms. The van der Waals surface area contributed by atoms with Gasteiger partial charge >= 0.3 is 0 Å². The van der Waals surface area contributed by atoms with Gasteiger partial charge < -0.3 is 20.8 Å². The fourth-order valence-corrected chi connectivity index (χ4v) is 7.06. The Morgan fingerprint density at radius 2 is 1.76 bits per heavy atom. The second-order valence-corrected chi connectivity index (χ2v) is 11.6. The fraction of sp³-hybridized carbons (Fsp3) is 0.414. The molecule has 2 aromatic rings. The van der Waals surface area contributed by atoms with Gasteiger partial charge in [0.2, 0.25) is 5.91 Å². The number of anilines is 1. The number of non-ortho nitro benzene ring substituents is 1. The summed E-state index contributed by atoms with van der Waals surface area (Å²) in [5.74, 6) is -11.5. The molecule has 3 aliphatic rings. The standard InChI is InChI=1S/C29H30N4O9/c1-31(2)18-11-15(12-6-5-7-14(8-12)33(41)42)23(34)20-16(18)9-13-10-17-22(32(3)4)25(36)21(28(30)39)27(38)29(17,40)26(37)19(13)24(20)35/h5-8,11,13,17,19,21-22,34,40H,9-10H2,1-4H3,(H2,30,39). The number of phenols is 1. The largest absolute Gasteiger partial charge is 0.507 e. The van der Waals surface area contributed by atoms with E-state index >= 15 is 0 Å². The maximum Gasteiger partial charge on any atom is 0.270 e. The highest BCUT2D eigenvalue weighted by atomic mass is 16.6. The first kappa shape index (κ1) is 29.0. The highest BCUT2D eigenvalue weighted by Crippen LogP contribution is 2.53. The maximum absolute atomic E-state index is 14.1. The minimum Gasteiger partial charge on any atom is -0.507 e. The van der Waals surface area contributed by atoms with Crippen molar-refractivity contribution in [2.24, 2.45) is 29.4 Å². The highest BCUT2D eigenvalue weighted by molar-refractivity contribution is 6.32. The number of nitrogens with two attached hydrogens (primary N) is 1. The van der Waals surface area contributed by atoms with Gasteiger partial charge in [-0.25, -0.2) is 0 Å². The van der Waals surface area contributed by atoms with Crippen LogP contribution in [0.5, 0.6) is 5.75 Å². The molecule has 2 aromatic carbocycles. The quantitative estimate of drug-likeness (QED) is 0.253. The van der Waals surface area contributed by atoms with Gasteiger partial charge in [-0.05, 0) is 50.0 Å².